The number of amides is 2. The van der Waals surface area contributed by atoms with E-state index >= 15 is 0 Å². The van der Waals surface area contributed by atoms with E-state index in [1.54, 1.807) is 17.9 Å². The van der Waals surface area contributed by atoms with E-state index < -0.39 is 6.04 Å². The lowest BCUT2D eigenvalue weighted by Gasteiger charge is -2.23. The van der Waals surface area contributed by atoms with Crippen LogP contribution in [-0.4, -0.2) is 35.8 Å². The van der Waals surface area contributed by atoms with Crippen molar-refractivity contribution in [1.82, 2.24) is 10.2 Å². The number of carbonyl (C=O) groups is 2. The molecule has 0 saturated heterocycles. The van der Waals surface area contributed by atoms with Gasteiger partial charge in [0, 0.05) is 13.1 Å². The molecule has 0 radical (unpaired) electrons. The van der Waals surface area contributed by atoms with Crippen LogP contribution in [0, 0.1) is 0 Å². The highest BCUT2D eigenvalue weighted by atomic mass is 32.1. The molecule has 1 unspecified atom stereocenters. The first kappa shape index (κ1) is 13.7. The van der Waals surface area contributed by atoms with E-state index in [0.717, 1.165) is 0 Å². The van der Waals surface area contributed by atoms with Gasteiger partial charge in [-0.2, -0.15) is 0 Å². The molecule has 0 bridgehead atoms. The Balaban J connectivity index is 2.57. The van der Waals surface area contributed by atoms with E-state index in [9.17, 15) is 9.59 Å². The minimum atomic E-state index is -0.482. The molecule has 2 amide bonds. The monoisotopic (exact) mass is 254 g/mol. The normalized spacial score (nSPS) is 11.9. The van der Waals surface area contributed by atoms with Crippen LogP contribution in [0.2, 0.25) is 0 Å². The minimum Gasteiger partial charge on any atom is -0.341 e. The Bertz CT molecular complexity index is 372. The summed E-state index contributed by atoms with van der Waals surface area (Å²) in [6, 6.07) is 3.08. The molecule has 5 heteroatoms. The maximum absolute atomic E-state index is 11.9. The van der Waals surface area contributed by atoms with E-state index in [0.29, 0.717) is 18.0 Å². The third kappa shape index (κ3) is 3.56. The largest absolute Gasteiger partial charge is 0.341 e. The van der Waals surface area contributed by atoms with Gasteiger partial charge in [0.25, 0.3) is 5.91 Å². The Morgan fingerprint density at radius 2 is 2.06 bits per heavy atom. The molecule has 0 fully saturated rings. The van der Waals surface area contributed by atoms with Gasteiger partial charge in [-0.3, -0.25) is 9.59 Å². The standard InChI is InChI=1S/C12H18N2O2S/c1-4-14(5-2)12(16)9(3)13-11(15)10-7-6-8-17-10/h6-9H,4-5H2,1-3H3,(H,13,15). The number of hydrogen-bond acceptors (Lipinski definition) is 3. The van der Waals surface area contributed by atoms with Crippen LogP contribution in [0.5, 0.6) is 0 Å². The molecule has 0 aliphatic carbocycles. The van der Waals surface area contributed by atoms with E-state index in [-0.39, 0.29) is 11.8 Å². The molecule has 1 aromatic rings. The van der Waals surface area contributed by atoms with Crippen LogP contribution >= 0.6 is 11.3 Å². The summed E-state index contributed by atoms with van der Waals surface area (Å²) in [6.07, 6.45) is 0. The van der Waals surface area contributed by atoms with E-state index in [1.165, 1.54) is 11.3 Å². The van der Waals surface area contributed by atoms with Gasteiger partial charge in [0.1, 0.15) is 6.04 Å². The van der Waals surface area contributed by atoms with Crippen LogP contribution in [0.3, 0.4) is 0 Å². The second kappa shape index (κ2) is 6.39. The topological polar surface area (TPSA) is 49.4 Å². The molecule has 17 heavy (non-hydrogen) atoms. The van der Waals surface area contributed by atoms with Gasteiger partial charge in [0.05, 0.1) is 4.88 Å². The van der Waals surface area contributed by atoms with E-state index in [4.69, 9.17) is 0 Å². The Labute approximate surface area is 106 Å². The van der Waals surface area contributed by atoms with Gasteiger partial charge in [0.15, 0.2) is 0 Å². The zero-order valence-electron chi connectivity index (χ0n) is 10.4. The third-order valence-electron chi connectivity index (χ3n) is 2.54. The van der Waals surface area contributed by atoms with Crippen LogP contribution < -0.4 is 5.32 Å². The first-order valence-electron chi connectivity index (χ1n) is 5.73. The Morgan fingerprint density at radius 3 is 2.53 bits per heavy atom. The highest BCUT2D eigenvalue weighted by Crippen LogP contribution is 2.08. The summed E-state index contributed by atoms with van der Waals surface area (Å²) in [5, 5.41) is 4.55. The number of nitrogens with one attached hydrogen (secondary N) is 1. The van der Waals surface area contributed by atoms with Gasteiger partial charge in [0.2, 0.25) is 5.91 Å². The number of thiophene rings is 1. The molecule has 4 nitrogen and oxygen atoms in total. The Kier molecular flexibility index (Phi) is 5.15. The van der Waals surface area contributed by atoms with Crippen molar-refractivity contribution in [3.05, 3.63) is 22.4 Å². The predicted octanol–water partition coefficient (Wildman–Crippen LogP) is 1.73. The lowest BCUT2D eigenvalue weighted by atomic mass is 10.2. The maximum Gasteiger partial charge on any atom is 0.261 e. The van der Waals surface area contributed by atoms with Crippen LogP contribution in [0.25, 0.3) is 0 Å². The molecule has 1 N–H and O–H groups in total. The maximum atomic E-state index is 11.9. The van der Waals surface area contributed by atoms with Gasteiger partial charge >= 0.3 is 0 Å². The van der Waals surface area contributed by atoms with E-state index in [1.807, 2.05) is 25.3 Å². The average Bonchev–Trinajstić information content (AvgIpc) is 2.83. The number of hydrogen-bond donors (Lipinski definition) is 1. The van der Waals surface area contributed by atoms with Gasteiger partial charge < -0.3 is 10.2 Å². The first-order valence-corrected chi connectivity index (χ1v) is 6.61. The Hall–Kier alpha value is -1.36. The summed E-state index contributed by atoms with van der Waals surface area (Å²) in [4.78, 5) is 26.0. The molecule has 1 atom stereocenters. The molecule has 1 aromatic heterocycles. The molecule has 1 heterocycles. The number of nitrogens with zero attached hydrogens (tertiary/aromatic N) is 1. The summed E-state index contributed by atoms with van der Waals surface area (Å²) in [6.45, 7) is 6.89. The van der Waals surface area contributed by atoms with Crippen LogP contribution in [-0.2, 0) is 4.79 Å². The zero-order valence-corrected chi connectivity index (χ0v) is 11.2. The van der Waals surface area contributed by atoms with E-state index in [2.05, 4.69) is 5.32 Å². The predicted molar refractivity (Wildman–Crippen MR) is 69.2 cm³/mol. The summed E-state index contributed by atoms with van der Waals surface area (Å²) in [5.41, 5.74) is 0. The number of carbonyl (C=O) groups excluding carboxylic acids is 2. The fraction of sp³-hybridized carbons (Fsp3) is 0.500. The molecule has 0 saturated carbocycles. The number of likely N-dealkylation sites (N-methyl/N-ethyl adjacent to an activating group) is 1. The van der Waals surface area contributed by atoms with Gasteiger partial charge in [-0.05, 0) is 32.2 Å². The quantitative estimate of drug-likeness (QED) is 0.870. The van der Waals surface area contributed by atoms with Crippen LogP contribution in [0.15, 0.2) is 17.5 Å². The van der Waals surface area contributed by atoms with Crippen molar-refractivity contribution in [2.24, 2.45) is 0 Å². The molecular formula is C12H18N2O2S. The summed E-state index contributed by atoms with van der Waals surface area (Å²) in [5.74, 6) is -0.229. The molecule has 0 aromatic carbocycles. The van der Waals surface area contributed by atoms with Gasteiger partial charge in [-0.25, -0.2) is 0 Å². The van der Waals surface area contributed by atoms with Crippen LogP contribution in [0.1, 0.15) is 30.4 Å². The minimum absolute atomic E-state index is 0.0418. The van der Waals surface area contributed by atoms with Crippen molar-refractivity contribution in [1.29, 1.82) is 0 Å². The van der Waals surface area contributed by atoms with Crippen LogP contribution in [0.4, 0.5) is 0 Å². The number of rotatable bonds is 5. The van der Waals surface area contributed by atoms with Crippen molar-refractivity contribution in [3.63, 3.8) is 0 Å². The fourth-order valence-corrected chi connectivity index (χ4v) is 2.17. The average molecular weight is 254 g/mol. The third-order valence-corrected chi connectivity index (χ3v) is 3.41. The lowest BCUT2D eigenvalue weighted by molar-refractivity contribution is -0.132. The first-order chi connectivity index (χ1) is 8.10. The van der Waals surface area contributed by atoms with Crippen molar-refractivity contribution in [2.45, 2.75) is 26.8 Å². The van der Waals surface area contributed by atoms with Gasteiger partial charge in [-0.1, -0.05) is 6.07 Å². The van der Waals surface area contributed by atoms with Crippen molar-refractivity contribution >= 4 is 23.2 Å². The highest BCUT2D eigenvalue weighted by Gasteiger charge is 2.20. The fourth-order valence-electron chi connectivity index (χ4n) is 1.55. The summed E-state index contributed by atoms with van der Waals surface area (Å²) >= 11 is 1.37. The van der Waals surface area contributed by atoms with Crippen molar-refractivity contribution < 1.29 is 9.59 Å². The summed E-state index contributed by atoms with van der Waals surface area (Å²) < 4.78 is 0. The molecule has 0 aliphatic heterocycles. The molecule has 94 valence electrons. The SMILES string of the molecule is CCN(CC)C(=O)C(C)NC(=O)c1cccs1. The van der Waals surface area contributed by atoms with Crippen molar-refractivity contribution in [2.75, 3.05) is 13.1 Å². The van der Waals surface area contributed by atoms with Gasteiger partial charge in [-0.15, -0.1) is 11.3 Å². The second-order valence-electron chi connectivity index (χ2n) is 3.68. The molecule has 0 aliphatic rings. The second-order valence-corrected chi connectivity index (χ2v) is 4.63. The lowest BCUT2D eigenvalue weighted by Crippen LogP contribution is -2.46. The molecular weight excluding hydrogens is 236 g/mol. The Morgan fingerprint density at radius 1 is 1.41 bits per heavy atom. The highest BCUT2D eigenvalue weighted by molar-refractivity contribution is 7.12. The molecule has 0 spiro atoms. The molecule has 1 rings (SSSR count). The zero-order chi connectivity index (χ0) is 12.8. The smallest absolute Gasteiger partial charge is 0.261 e. The van der Waals surface area contributed by atoms with Crippen molar-refractivity contribution in [3.8, 4) is 0 Å². The summed E-state index contributed by atoms with van der Waals surface area (Å²) in [7, 11) is 0.